The molecule has 3 heteroatoms. The Labute approximate surface area is 149 Å². The molecule has 0 aliphatic heterocycles. The Morgan fingerprint density at radius 1 is 0.680 bits per heavy atom. The first-order chi connectivity index (χ1) is 12.4. The Bertz CT molecular complexity index is 945. The molecule has 0 unspecified atom stereocenters. The number of hydrogen-bond acceptors (Lipinski definition) is 2. The number of benzene rings is 3. The average molecular weight is 342 g/mol. The van der Waals surface area contributed by atoms with Gasteiger partial charge in [0.2, 0.25) is 0 Å². The van der Waals surface area contributed by atoms with Crippen molar-refractivity contribution >= 4 is 35.0 Å². The van der Waals surface area contributed by atoms with Crippen LogP contribution < -0.4 is 16.2 Å². The van der Waals surface area contributed by atoms with Crippen LogP contribution in [0.1, 0.15) is 12.6 Å². The zero-order chi connectivity index (χ0) is 17.1. The van der Waals surface area contributed by atoms with E-state index in [0.29, 0.717) is 0 Å². The molecule has 1 aromatic heterocycles. The van der Waals surface area contributed by atoms with Gasteiger partial charge in [0.05, 0.1) is 11.2 Å². The van der Waals surface area contributed by atoms with Gasteiger partial charge in [-0.15, -0.1) is 0 Å². The van der Waals surface area contributed by atoms with E-state index in [0.717, 1.165) is 28.6 Å². The van der Waals surface area contributed by atoms with Gasteiger partial charge in [0.1, 0.15) is 0 Å². The lowest BCUT2D eigenvalue weighted by Crippen LogP contribution is -2.26. The van der Waals surface area contributed by atoms with Crippen molar-refractivity contribution < 1.29 is 0 Å². The SMILES string of the molecule is CCc1nc(P(c2ccccc2)c2ccccc2)nc2ccccc12. The van der Waals surface area contributed by atoms with E-state index in [4.69, 9.17) is 9.97 Å². The highest BCUT2D eigenvalue weighted by molar-refractivity contribution is 7.79. The second-order valence-electron chi connectivity index (χ2n) is 5.85. The van der Waals surface area contributed by atoms with Gasteiger partial charge in [-0.2, -0.15) is 0 Å². The standard InChI is InChI=1S/C22H19N2P/c1-2-20-19-15-9-10-16-21(19)24-22(23-20)25(17-11-5-3-6-12-17)18-13-7-4-8-14-18/h3-16H,2H2,1H3. The molecule has 0 saturated heterocycles. The Hall–Kier alpha value is -2.57. The number of aromatic nitrogens is 2. The molecule has 0 aliphatic rings. The van der Waals surface area contributed by atoms with Gasteiger partial charge in [0, 0.05) is 13.3 Å². The molecule has 2 nitrogen and oxygen atoms in total. The van der Waals surface area contributed by atoms with Gasteiger partial charge in [-0.1, -0.05) is 85.8 Å². The van der Waals surface area contributed by atoms with Gasteiger partial charge in [-0.25, -0.2) is 9.97 Å². The Morgan fingerprint density at radius 2 is 1.24 bits per heavy atom. The molecule has 0 radical (unpaired) electrons. The molecule has 0 amide bonds. The van der Waals surface area contributed by atoms with Crippen molar-refractivity contribution in [3.8, 4) is 0 Å². The lowest BCUT2D eigenvalue weighted by molar-refractivity contribution is 1.05. The summed E-state index contributed by atoms with van der Waals surface area (Å²) in [6.45, 7) is 2.16. The maximum atomic E-state index is 4.99. The molecule has 0 aliphatic carbocycles. The number of hydrogen-bond donors (Lipinski definition) is 0. The van der Waals surface area contributed by atoms with Crippen LogP contribution in [0.15, 0.2) is 84.9 Å². The van der Waals surface area contributed by atoms with Crippen molar-refractivity contribution in [2.45, 2.75) is 13.3 Å². The van der Waals surface area contributed by atoms with Gasteiger partial charge in [-0.05, 0) is 23.1 Å². The maximum Gasteiger partial charge on any atom is 0.160 e. The van der Waals surface area contributed by atoms with Crippen LogP contribution in [-0.4, -0.2) is 9.97 Å². The number of nitrogens with zero attached hydrogens (tertiary/aromatic N) is 2. The fourth-order valence-electron chi connectivity index (χ4n) is 3.03. The minimum Gasteiger partial charge on any atom is -0.232 e. The first-order valence-corrected chi connectivity index (χ1v) is 9.87. The van der Waals surface area contributed by atoms with E-state index in [9.17, 15) is 0 Å². The Morgan fingerprint density at radius 3 is 1.84 bits per heavy atom. The van der Waals surface area contributed by atoms with Gasteiger partial charge in [0.15, 0.2) is 5.57 Å². The second kappa shape index (κ2) is 7.13. The molecule has 0 N–H and O–H groups in total. The lowest BCUT2D eigenvalue weighted by Gasteiger charge is -2.18. The van der Waals surface area contributed by atoms with E-state index >= 15 is 0 Å². The van der Waals surface area contributed by atoms with Crippen LogP contribution in [0.4, 0.5) is 0 Å². The summed E-state index contributed by atoms with van der Waals surface area (Å²) < 4.78 is 0. The van der Waals surface area contributed by atoms with Crippen LogP contribution in [0.2, 0.25) is 0 Å². The fraction of sp³-hybridized carbons (Fsp3) is 0.0909. The first kappa shape index (κ1) is 15.9. The third-order valence-electron chi connectivity index (χ3n) is 4.23. The molecule has 0 saturated carbocycles. The molecule has 0 bridgehead atoms. The van der Waals surface area contributed by atoms with Crippen molar-refractivity contribution in [1.29, 1.82) is 0 Å². The predicted octanol–water partition coefficient (Wildman–Crippen LogP) is 3.95. The molecule has 1 heterocycles. The molecular formula is C22H19N2P. The number of rotatable bonds is 4. The maximum absolute atomic E-state index is 4.99. The minimum atomic E-state index is -0.763. The number of aryl methyl sites for hydroxylation is 1. The molecule has 4 aromatic rings. The van der Waals surface area contributed by atoms with E-state index in [-0.39, 0.29) is 0 Å². The average Bonchev–Trinajstić information content (AvgIpc) is 2.69. The topological polar surface area (TPSA) is 25.8 Å². The summed E-state index contributed by atoms with van der Waals surface area (Å²) in [4.78, 5) is 9.94. The summed E-state index contributed by atoms with van der Waals surface area (Å²) in [6, 6.07) is 29.5. The molecule has 122 valence electrons. The van der Waals surface area contributed by atoms with E-state index in [2.05, 4.69) is 85.8 Å². The summed E-state index contributed by atoms with van der Waals surface area (Å²) >= 11 is 0. The monoisotopic (exact) mass is 342 g/mol. The zero-order valence-corrected chi connectivity index (χ0v) is 15.0. The summed E-state index contributed by atoms with van der Waals surface area (Å²) in [7, 11) is -0.763. The van der Waals surface area contributed by atoms with Crippen LogP contribution in [0.25, 0.3) is 10.9 Å². The number of para-hydroxylation sites is 1. The Balaban J connectivity index is 1.95. The van der Waals surface area contributed by atoms with Crippen molar-refractivity contribution in [3.63, 3.8) is 0 Å². The summed E-state index contributed by atoms with van der Waals surface area (Å²) in [5, 5.41) is 3.71. The van der Waals surface area contributed by atoms with Crippen LogP contribution in [0.5, 0.6) is 0 Å². The van der Waals surface area contributed by atoms with Crippen LogP contribution in [0, 0.1) is 0 Å². The van der Waals surface area contributed by atoms with Crippen LogP contribution in [-0.2, 0) is 6.42 Å². The third-order valence-corrected chi connectivity index (χ3v) is 6.46. The van der Waals surface area contributed by atoms with Crippen LogP contribution in [0.3, 0.4) is 0 Å². The lowest BCUT2D eigenvalue weighted by atomic mass is 10.1. The highest BCUT2D eigenvalue weighted by atomic mass is 31.1. The van der Waals surface area contributed by atoms with Gasteiger partial charge >= 0.3 is 0 Å². The van der Waals surface area contributed by atoms with Gasteiger partial charge in [0.25, 0.3) is 0 Å². The summed E-state index contributed by atoms with van der Waals surface area (Å²) in [6.07, 6.45) is 0.906. The predicted molar refractivity (Wildman–Crippen MR) is 108 cm³/mol. The van der Waals surface area contributed by atoms with Crippen LogP contribution >= 0.6 is 7.92 Å². The van der Waals surface area contributed by atoms with E-state index < -0.39 is 7.92 Å². The molecule has 4 rings (SSSR count). The van der Waals surface area contributed by atoms with Crippen molar-refractivity contribution in [2.24, 2.45) is 0 Å². The van der Waals surface area contributed by atoms with E-state index in [1.807, 2.05) is 6.07 Å². The van der Waals surface area contributed by atoms with Crippen molar-refractivity contribution in [2.75, 3.05) is 0 Å². The van der Waals surface area contributed by atoms with Gasteiger partial charge in [-0.3, -0.25) is 0 Å². The highest BCUT2D eigenvalue weighted by Gasteiger charge is 2.20. The van der Waals surface area contributed by atoms with Crippen molar-refractivity contribution in [3.05, 3.63) is 90.6 Å². The second-order valence-corrected chi connectivity index (χ2v) is 7.95. The minimum absolute atomic E-state index is 0.763. The molecule has 0 atom stereocenters. The fourth-order valence-corrected chi connectivity index (χ4v) is 5.16. The van der Waals surface area contributed by atoms with Crippen molar-refractivity contribution in [1.82, 2.24) is 9.97 Å². The summed E-state index contributed by atoms with van der Waals surface area (Å²) in [5.74, 6) is 0. The first-order valence-electron chi connectivity index (χ1n) is 8.52. The Kier molecular flexibility index (Phi) is 4.54. The van der Waals surface area contributed by atoms with E-state index in [1.165, 1.54) is 10.6 Å². The molecule has 0 fully saturated rings. The normalized spacial score (nSPS) is 11.1. The molecule has 25 heavy (non-hydrogen) atoms. The summed E-state index contributed by atoms with van der Waals surface area (Å²) in [5.41, 5.74) is 3.09. The number of fused-ring (bicyclic) bond motifs is 1. The molecule has 3 aromatic carbocycles. The smallest absolute Gasteiger partial charge is 0.160 e. The highest BCUT2D eigenvalue weighted by Crippen LogP contribution is 2.32. The van der Waals surface area contributed by atoms with Gasteiger partial charge < -0.3 is 0 Å². The quantitative estimate of drug-likeness (QED) is 0.525. The molecule has 0 spiro atoms. The third kappa shape index (κ3) is 3.18. The molecular weight excluding hydrogens is 323 g/mol. The largest absolute Gasteiger partial charge is 0.232 e. The zero-order valence-electron chi connectivity index (χ0n) is 14.1. The van der Waals surface area contributed by atoms with E-state index in [1.54, 1.807) is 0 Å².